The van der Waals surface area contributed by atoms with Crippen LogP contribution in [0.3, 0.4) is 0 Å². The standard InChI is InChI=1S/C11H20N2O2.C10H18N2O2.2C10H17NO3.C9H16N2O2.C9H15NO3.C9H17NO2.C8H14N2O2.C8H15NO2/c1-8(2)6-13-9(14)11(3,4)7-12(5)10(13)15;1-7(2)6-12-8(13)10(3,4)11(5)9(12)14;1-7(2)6-11-8(12)5-10(3,4)14-9(11)13;1-7(2)5-11-8(12)10(3,4)6-14-9(11)13;1-7(2)6-11-8(12)4-5-10(3)9(11)13;1-6(2)5-10-7(11)9(3,4)13-8(10)12;1-7(2)5-10-6-9(3,4)12-8(10)11;1-6(2)4-10-7(11)5-9(3)8(10)12;1-7(2)6-9-4-3-5-11-8(9)10/h8H,6-7H2,1-5H3;7H,6H2,1-5H3;2*7H,5-6H2,1-4H3;7H,4-6H2,1-3H3;6H,5H2,1-4H3;7H,5-6H2,1-4H3;6H,4-5H2,1-3H3;7H,3-6H2,1-2H3. The van der Waals surface area contributed by atoms with Crippen molar-refractivity contribution in [1.82, 2.24) is 63.7 Å². The van der Waals surface area contributed by atoms with Gasteiger partial charge < -0.3 is 53.1 Å². The monoisotopic (exact) mass is 1680 g/mol. The van der Waals surface area contributed by atoms with E-state index in [9.17, 15) is 76.7 Å². The van der Waals surface area contributed by atoms with Crippen LogP contribution in [-0.4, -0.2) is 315 Å². The SMILES string of the molecule is CC(C)CN1C(=O)CC(C)(C)OC1=O.CC(C)CN1C(=O)CCN(C)C1=O.CC(C)CN1C(=O)CN(C)C1=O.CC(C)CN1C(=O)N(C)C(C)(C)C1=O.CC(C)CN1C(=O)N(C)CC(C)(C)C1=O.CC(C)CN1C(=O)OC(C)(C)C1=O.CC(C)CN1C(=O)OCC(C)(C)C1=O.CC(C)CN1CC(C)(C)OC1=O.CC(C)CN1CCCOC1=O. The number of amides is 20. The molecule has 0 radical (unpaired) electrons. The summed E-state index contributed by atoms with van der Waals surface area (Å²) in [6.45, 7) is 66.1. The Morgan fingerprint density at radius 2 is 0.695 bits per heavy atom. The molecule has 0 bridgehead atoms. The van der Waals surface area contributed by atoms with E-state index < -0.39 is 45.9 Å². The van der Waals surface area contributed by atoms with E-state index in [2.05, 4.69) is 27.7 Å². The molecule has 9 aliphatic heterocycles. The van der Waals surface area contributed by atoms with E-state index in [0.717, 1.165) is 26.1 Å². The lowest BCUT2D eigenvalue weighted by Crippen LogP contribution is -2.59. The van der Waals surface area contributed by atoms with Gasteiger partial charge in [-0.2, -0.15) is 0 Å². The molecule has 9 aliphatic rings. The van der Waals surface area contributed by atoms with Gasteiger partial charge in [0.2, 0.25) is 29.5 Å². The maximum atomic E-state index is 12.0. The molecule has 0 aliphatic carbocycles. The van der Waals surface area contributed by atoms with Gasteiger partial charge in [0, 0.05) is 113 Å². The Balaban J connectivity index is 0.000000665. The number of carbonyl (C=O) groups excluding carboxylic acids is 16. The van der Waals surface area contributed by atoms with Gasteiger partial charge in [0.15, 0.2) is 5.60 Å². The number of likely N-dealkylation sites (N-methyl/N-ethyl adjacent to an activating group) is 2. The topological polar surface area (TPSA) is 361 Å². The van der Waals surface area contributed by atoms with Gasteiger partial charge in [0.25, 0.3) is 11.8 Å². The van der Waals surface area contributed by atoms with Gasteiger partial charge in [-0.05, 0) is 143 Å². The average molecular weight is 1680 g/mol. The number of ether oxygens (including phenoxy) is 5. The van der Waals surface area contributed by atoms with E-state index in [4.69, 9.17) is 23.7 Å². The Hall–Kier alpha value is -8.88. The summed E-state index contributed by atoms with van der Waals surface area (Å²) in [4.78, 5) is 202. The first-order chi connectivity index (χ1) is 53.7. The summed E-state index contributed by atoms with van der Waals surface area (Å²) in [6.07, 6.45) is -0.177. The highest BCUT2D eigenvalue weighted by Crippen LogP contribution is 2.31. The second kappa shape index (κ2) is 45.5. The van der Waals surface area contributed by atoms with E-state index in [1.165, 1.54) is 44.1 Å². The minimum atomic E-state index is -0.980. The van der Waals surface area contributed by atoms with Crippen LogP contribution in [0.4, 0.5) is 43.2 Å². The molecule has 0 aromatic rings. The number of carbonyl (C=O) groups is 16. The molecule has 0 atom stereocenters. The smallest absolute Gasteiger partial charge is 0.417 e. The van der Waals surface area contributed by atoms with Crippen molar-refractivity contribution in [1.29, 1.82) is 0 Å². The van der Waals surface area contributed by atoms with E-state index in [1.807, 2.05) is 125 Å². The third kappa shape index (κ3) is 33.7. The van der Waals surface area contributed by atoms with Crippen molar-refractivity contribution >= 4 is 95.9 Å². The zero-order chi connectivity index (χ0) is 91.9. The van der Waals surface area contributed by atoms with E-state index in [1.54, 1.807) is 103 Å². The molecule has 0 aromatic carbocycles. The fraction of sp³-hybridized carbons (Fsp3) is 0.810. The first-order valence-corrected chi connectivity index (χ1v) is 41.4. The predicted octanol–water partition coefficient (Wildman–Crippen LogP) is 12.5. The molecule has 9 fully saturated rings. The van der Waals surface area contributed by atoms with Gasteiger partial charge in [-0.3, -0.25) is 53.2 Å². The van der Waals surface area contributed by atoms with Crippen LogP contribution in [0.1, 0.15) is 227 Å². The van der Waals surface area contributed by atoms with Crippen LogP contribution in [0, 0.1) is 64.1 Å². The molecule has 0 saturated carbocycles. The van der Waals surface area contributed by atoms with Crippen LogP contribution < -0.4 is 0 Å². The van der Waals surface area contributed by atoms with Gasteiger partial charge in [0.1, 0.15) is 29.9 Å². The number of nitrogens with zero attached hydrogens (tertiary/aromatic N) is 13. The first kappa shape index (κ1) is 107. The quantitative estimate of drug-likeness (QED) is 0.0908. The number of urea groups is 4. The molecular formula is C84H149N13O21. The van der Waals surface area contributed by atoms with Crippen molar-refractivity contribution in [3.63, 3.8) is 0 Å². The predicted molar refractivity (Wildman–Crippen MR) is 446 cm³/mol. The Morgan fingerprint density at radius 1 is 0.314 bits per heavy atom. The molecule has 0 spiro atoms. The van der Waals surface area contributed by atoms with Crippen LogP contribution in [0.5, 0.6) is 0 Å². The van der Waals surface area contributed by atoms with E-state index in [0.29, 0.717) is 114 Å². The summed E-state index contributed by atoms with van der Waals surface area (Å²) in [6, 6.07) is -0.694. The fourth-order valence-corrected chi connectivity index (χ4v) is 12.7. The summed E-state index contributed by atoms with van der Waals surface area (Å²) < 4.78 is 25.0. The molecule has 9 saturated heterocycles. The molecule has 34 nitrogen and oxygen atoms in total. The number of rotatable bonds is 18. The summed E-state index contributed by atoms with van der Waals surface area (Å²) in [5, 5.41) is 0. The van der Waals surface area contributed by atoms with E-state index >= 15 is 0 Å². The molecule has 20 amide bonds. The van der Waals surface area contributed by atoms with Gasteiger partial charge >= 0.3 is 54.6 Å². The minimum absolute atomic E-state index is 0.0446. The molecular weight excluding hydrogens is 1530 g/mol. The van der Waals surface area contributed by atoms with Crippen molar-refractivity contribution in [2.75, 3.05) is 133 Å². The maximum absolute atomic E-state index is 12.0. The highest BCUT2D eigenvalue weighted by molar-refractivity contribution is 6.07. The Kier molecular flexibility index (Phi) is 41.3. The Morgan fingerprint density at radius 3 is 1.08 bits per heavy atom. The highest BCUT2D eigenvalue weighted by atomic mass is 16.6. The van der Waals surface area contributed by atoms with Crippen LogP contribution in [0.15, 0.2) is 0 Å². The summed E-state index contributed by atoms with van der Waals surface area (Å²) >= 11 is 0. The average Bonchev–Trinajstić information content (AvgIpc) is 1.73. The second-order valence-corrected chi connectivity index (χ2v) is 38.8. The molecule has 676 valence electrons. The first-order valence-electron chi connectivity index (χ1n) is 41.4. The third-order valence-corrected chi connectivity index (χ3v) is 18.5. The molecule has 9 rings (SSSR count). The summed E-state index contributed by atoms with van der Waals surface area (Å²) in [7, 11) is 6.77. The van der Waals surface area contributed by atoms with Crippen molar-refractivity contribution in [2.45, 2.75) is 249 Å². The van der Waals surface area contributed by atoms with Crippen LogP contribution in [-0.2, 0) is 57.2 Å². The van der Waals surface area contributed by atoms with Crippen molar-refractivity contribution < 1.29 is 100 Å². The lowest BCUT2D eigenvalue weighted by Gasteiger charge is -2.41. The van der Waals surface area contributed by atoms with Gasteiger partial charge in [-0.25, -0.2) is 57.9 Å². The van der Waals surface area contributed by atoms with E-state index in [-0.39, 0.29) is 121 Å². The second-order valence-electron chi connectivity index (χ2n) is 38.8. The largest absolute Gasteiger partial charge is 0.449 e. The zero-order valence-electron chi connectivity index (χ0n) is 78.0. The minimum Gasteiger partial charge on any atom is -0.449 e. The van der Waals surface area contributed by atoms with Crippen molar-refractivity contribution in [3.05, 3.63) is 0 Å². The molecule has 0 unspecified atom stereocenters. The van der Waals surface area contributed by atoms with Crippen molar-refractivity contribution in [3.8, 4) is 0 Å². The fourth-order valence-electron chi connectivity index (χ4n) is 12.7. The highest BCUT2D eigenvalue weighted by Gasteiger charge is 2.51. The molecule has 34 heteroatoms. The Labute approximate surface area is 703 Å². The van der Waals surface area contributed by atoms with Crippen LogP contribution in [0.2, 0.25) is 0 Å². The maximum Gasteiger partial charge on any atom is 0.417 e. The Bertz CT molecular complexity index is 3450. The van der Waals surface area contributed by atoms with Gasteiger partial charge in [0.05, 0.1) is 30.4 Å². The van der Waals surface area contributed by atoms with Crippen LogP contribution >= 0.6 is 0 Å². The van der Waals surface area contributed by atoms with Crippen molar-refractivity contribution in [2.24, 2.45) is 64.1 Å². The molecule has 0 N–H and O–H groups in total. The van der Waals surface area contributed by atoms with Crippen LogP contribution in [0.25, 0.3) is 0 Å². The summed E-state index contributed by atoms with van der Waals surface area (Å²) in [5.41, 5.74) is -3.66. The van der Waals surface area contributed by atoms with Gasteiger partial charge in [-0.1, -0.05) is 125 Å². The third-order valence-electron chi connectivity index (χ3n) is 18.5. The number of hydrogen-bond donors (Lipinski definition) is 0. The zero-order valence-corrected chi connectivity index (χ0v) is 78.0. The molecule has 118 heavy (non-hydrogen) atoms. The normalized spacial score (nSPS) is 20.6. The lowest BCUT2D eigenvalue weighted by molar-refractivity contribution is -0.147. The number of hydrogen-bond acceptors (Lipinski definition) is 21. The lowest BCUT2D eigenvalue weighted by atomic mass is 9.89. The molecule has 9 heterocycles. The number of cyclic esters (lactones) is 5. The number of imide groups is 7. The molecule has 0 aromatic heterocycles. The summed E-state index contributed by atoms with van der Waals surface area (Å²) in [5.74, 6) is 2.32. The van der Waals surface area contributed by atoms with Gasteiger partial charge in [-0.15, -0.1) is 0 Å².